The maximum atomic E-state index is 13.8. The Labute approximate surface area is 182 Å². The zero-order valence-corrected chi connectivity index (χ0v) is 18.7. The Morgan fingerprint density at radius 3 is 2.39 bits per heavy atom. The van der Waals surface area contributed by atoms with Gasteiger partial charge in [0, 0.05) is 43.1 Å². The SMILES string of the molecule is CC(C)CN(CC(C)C)[C@@H](CN)C(=O)Nc1ccc(N2CCOCC2=O)cc1C(F)F. The number of hydrogen-bond acceptors (Lipinski definition) is 5. The van der Waals surface area contributed by atoms with Crippen molar-refractivity contribution in [3.63, 3.8) is 0 Å². The van der Waals surface area contributed by atoms with E-state index in [4.69, 9.17) is 10.5 Å². The molecule has 1 fully saturated rings. The lowest BCUT2D eigenvalue weighted by atomic mass is 10.1. The molecule has 1 saturated heterocycles. The molecule has 0 aromatic heterocycles. The minimum atomic E-state index is -2.81. The number of amides is 2. The number of ether oxygens (including phenoxy) is 1. The zero-order chi connectivity index (χ0) is 23.1. The van der Waals surface area contributed by atoms with E-state index in [1.54, 1.807) is 6.07 Å². The molecule has 1 aromatic rings. The fraction of sp³-hybridized carbons (Fsp3) is 0.636. The second-order valence-corrected chi connectivity index (χ2v) is 8.65. The van der Waals surface area contributed by atoms with Crippen molar-refractivity contribution in [2.45, 2.75) is 40.2 Å². The van der Waals surface area contributed by atoms with Crippen LogP contribution in [0.1, 0.15) is 39.7 Å². The molecule has 1 atom stereocenters. The van der Waals surface area contributed by atoms with E-state index in [1.165, 1.54) is 17.0 Å². The molecule has 7 nitrogen and oxygen atoms in total. The largest absolute Gasteiger partial charge is 0.370 e. The molecule has 1 aromatic carbocycles. The summed E-state index contributed by atoms with van der Waals surface area (Å²) in [5.41, 5.74) is 5.96. The lowest BCUT2D eigenvalue weighted by molar-refractivity contribution is -0.125. The monoisotopic (exact) mass is 440 g/mol. The molecule has 0 saturated carbocycles. The predicted octanol–water partition coefficient (Wildman–Crippen LogP) is 2.87. The molecule has 2 rings (SSSR count). The fourth-order valence-electron chi connectivity index (χ4n) is 3.71. The van der Waals surface area contributed by atoms with Gasteiger partial charge in [0.2, 0.25) is 5.91 Å². The van der Waals surface area contributed by atoms with Crippen LogP contribution in [0.4, 0.5) is 20.2 Å². The molecule has 0 aliphatic carbocycles. The van der Waals surface area contributed by atoms with Crippen molar-refractivity contribution in [1.82, 2.24) is 4.90 Å². The average molecular weight is 441 g/mol. The molecule has 2 amide bonds. The van der Waals surface area contributed by atoms with Crippen LogP contribution in [0.2, 0.25) is 0 Å². The summed E-state index contributed by atoms with van der Waals surface area (Å²) in [6.45, 7) is 10.2. The first-order valence-corrected chi connectivity index (χ1v) is 10.7. The Morgan fingerprint density at radius 2 is 1.87 bits per heavy atom. The Hall–Kier alpha value is -2.10. The number of benzene rings is 1. The average Bonchev–Trinajstić information content (AvgIpc) is 2.68. The summed E-state index contributed by atoms with van der Waals surface area (Å²) in [5.74, 6) is -0.0597. The molecule has 9 heteroatoms. The van der Waals surface area contributed by atoms with E-state index in [1.807, 2.05) is 4.90 Å². The van der Waals surface area contributed by atoms with Gasteiger partial charge in [0.25, 0.3) is 12.3 Å². The number of alkyl halides is 2. The van der Waals surface area contributed by atoms with E-state index in [2.05, 4.69) is 33.0 Å². The minimum Gasteiger partial charge on any atom is -0.370 e. The summed E-state index contributed by atoms with van der Waals surface area (Å²) < 4.78 is 32.7. The summed E-state index contributed by atoms with van der Waals surface area (Å²) in [7, 11) is 0. The van der Waals surface area contributed by atoms with Crippen molar-refractivity contribution in [1.29, 1.82) is 0 Å². The van der Waals surface area contributed by atoms with Crippen molar-refractivity contribution in [2.24, 2.45) is 17.6 Å². The van der Waals surface area contributed by atoms with Crippen LogP contribution in [0.25, 0.3) is 0 Å². The van der Waals surface area contributed by atoms with Crippen LogP contribution in [0.5, 0.6) is 0 Å². The van der Waals surface area contributed by atoms with E-state index >= 15 is 0 Å². The normalized spacial score (nSPS) is 16.0. The highest BCUT2D eigenvalue weighted by Crippen LogP contribution is 2.32. The molecule has 1 aliphatic rings. The number of morpholine rings is 1. The standard InChI is InChI=1S/C22H34F2N4O3/c1-14(2)11-27(12-15(3)4)19(10-25)22(30)26-18-6-5-16(9-17(18)21(23)24)28-7-8-31-13-20(28)29/h5-6,9,14-15,19,21H,7-8,10-13,25H2,1-4H3,(H,26,30)/t19-/m0/s1. The highest BCUT2D eigenvalue weighted by atomic mass is 19.3. The quantitative estimate of drug-likeness (QED) is 0.584. The third-order valence-electron chi connectivity index (χ3n) is 4.99. The molecular weight excluding hydrogens is 406 g/mol. The molecule has 174 valence electrons. The zero-order valence-electron chi connectivity index (χ0n) is 18.7. The van der Waals surface area contributed by atoms with E-state index in [0.717, 1.165) is 0 Å². The van der Waals surface area contributed by atoms with Gasteiger partial charge < -0.3 is 20.7 Å². The van der Waals surface area contributed by atoms with Gasteiger partial charge in [-0.25, -0.2) is 8.78 Å². The smallest absolute Gasteiger partial charge is 0.265 e. The third-order valence-corrected chi connectivity index (χ3v) is 4.99. The van der Waals surface area contributed by atoms with Crippen LogP contribution < -0.4 is 16.0 Å². The molecule has 1 heterocycles. The molecule has 0 unspecified atom stereocenters. The summed E-state index contributed by atoms with van der Waals surface area (Å²) in [4.78, 5) is 28.5. The second kappa shape index (κ2) is 11.5. The highest BCUT2D eigenvalue weighted by molar-refractivity contribution is 5.97. The van der Waals surface area contributed by atoms with Gasteiger partial charge in [-0.1, -0.05) is 27.7 Å². The minimum absolute atomic E-state index is 0.0250. The number of carbonyl (C=O) groups excluding carboxylic acids is 2. The maximum Gasteiger partial charge on any atom is 0.265 e. The van der Waals surface area contributed by atoms with Gasteiger partial charge in [-0.3, -0.25) is 14.5 Å². The molecule has 0 bridgehead atoms. The summed E-state index contributed by atoms with van der Waals surface area (Å²) in [5, 5.41) is 2.64. The van der Waals surface area contributed by atoms with Crippen molar-refractivity contribution in [2.75, 3.05) is 49.6 Å². The van der Waals surface area contributed by atoms with Crippen LogP contribution in [0, 0.1) is 11.8 Å². The van der Waals surface area contributed by atoms with E-state index in [9.17, 15) is 18.4 Å². The van der Waals surface area contributed by atoms with Gasteiger partial charge in [-0.2, -0.15) is 0 Å². The summed E-state index contributed by atoms with van der Waals surface area (Å²) in [6.07, 6.45) is -2.81. The number of hydrogen-bond donors (Lipinski definition) is 2. The van der Waals surface area contributed by atoms with Gasteiger partial charge >= 0.3 is 0 Å². The Kier molecular flexibility index (Phi) is 9.33. The van der Waals surface area contributed by atoms with Crippen LogP contribution >= 0.6 is 0 Å². The number of rotatable bonds is 10. The van der Waals surface area contributed by atoms with Crippen molar-refractivity contribution in [3.8, 4) is 0 Å². The number of nitrogens with zero attached hydrogens (tertiary/aromatic N) is 2. The third kappa shape index (κ3) is 6.95. The van der Waals surface area contributed by atoms with Crippen molar-refractivity contribution >= 4 is 23.2 Å². The molecule has 3 N–H and O–H groups in total. The molecule has 0 radical (unpaired) electrons. The molecular formula is C22H34F2N4O3. The van der Waals surface area contributed by atoms with E-state index in [-0.39, 0.29) is 30.3 Å². The van der Waals surface area contributed by atoms with Gasteiger partial charge in [0.05, 0.1) is 6.61 Å². The molecule has 1 aliphatic heterocycles. The van der Waals surface area contributed by atoms with Crippen LogP contribution in [0.15, 0.2) is 18.2 Å². The van der Waals surface area contributed by atoms with Crippen LogP contribution in [0.3, 0.4) is 0 Å². The van der Waals surface area contributed by atoms with Crippen molar-refractivity contribution in [3.05, 3.63) is 23.8 Å². The molecule has 31 heavy (non-hydrogen) atoms. The van der Waals surface area contributed by atoms with Crippen molar-refractivity contribution < 1.29 is 23.1 Å². The number of halogens is 2. The topological polar surface area (TPSA) is 87.9 Å². The number of nitrogens with two attached hydrogens (primary N) is 1. The van der Waals surface area contributed by atoms with Crippen LogP contribution in [-0.2, 0) is 14.3 Å². The Morgan fingerprint density at radius 1 is 1.23 bits per heavy atom. The lowest BCUT2D eigenvalue weighted by Gasteiger charge is -2.33. The van der Waals surface area contributed by atoms with E-state index in [0.29, 0.717) is 43.8 Å². The highest BCUT2D eigenvalue weighted by Gasteiger charge is 2.28. The van der Waals surface area contributed by atoms with Gasteiger partial charge in [-0.05, 0) is 30.0 Å². The van der Waals surface area contributed by atoms with E-state index < -0.39 is 18.4 Å². The Bertz CT molecular complexity index is 748. The van der Waals surface area contributed by atoms with Gasteiger partial charge in [0.15, 0.2) is 0 Å². The number of carbonyl (C=O) groups is 2. The maximum absolute atomic E-state index is 13.8. The number of anilines is 2. The number of nitrogens with one attached hydrogen (secondary N) is 1. The second-order valence-electron chi connectivity index (χ2n) is 8.65. The van der Waals surface area contributed by atoms with Gasteiger partial charge in [-0.15, -0.1) is 0 Å². The molecule has 0 spiro atoms. The fourth-order valence-corrected chi connectivity index (χ4v) is 3.71. The Balaban J connectivity index is 2.26. The first-order valence-electron chi connectivity index (χ1n) is 10.7. The predicted molar refractivity (Wildman–Crippen MR) is 117 cm³/mol. The first-order chi connectivity index (χ1) is 14.6. The lowest BCUT2D eigenvalue weighted by Crippen LogP contribution is -2.51. The van der Waals surface area contributed by atoms with Crippen LogP contribution in [-0.4, -0.2) is 62.1 Å². The van der Waals surface area contributed by atoms with Gasteiger partial charge in [0.1, 0.15) is 12.6 Å². The first kappa shape index (κ1) is 25.2. The summed E-state index contributed by atoms with van der Waals surface area (Å²) in [6, 6.07) is 3.60. The summed E-state index contributed by atoms with van der Waals surface area (Å²) >= 11 is 0.